The van der Waals surface area contributed by atoms with Gasteiger partial charge >= 0.3 is 10.2 Å². The highest BCUT2D eigenvalue weighted by atomic mass is 35.5. The molecule has 1 amide bonds. The van der Waals surface area contributed by atoms with Crippen LogP contribution in [-0.4, -0.2) is 14.3 Å². The number of carbonyl (C=O) groups is 1. The molecule has 0 radical (unpaired) electrons. The molecule has 2 aromatic rings. The van der Waals surface area contributed by atoms with E-state index in [1.165, 1.54) is 18.2 Å². The first-order valence-electron chi connectivity index (χ1n) is 5.95. The summed E-state index contributed by atoms with van der Waals surface area (Å²) in [5.41, 5.74) is 0.495. The number of nitrogens with one attached hydrogen (secondary N) is 1. The van der Waals surface area contributed by atoms with Crippen molar-refractivity contribution in [2.45, 2.75) is 11.3 Å². The van der Waals surface area contributed by atoms with Gasteiger partial charge in [0.1, 0.15) is 4.90 Å². The van der Waals surface area contributed by atoms with E-state index in [4.69, 9.17) is 11.6 Å². The summed E-state index contributed by atoms with van der Waals surface area (Å²) in [4.78, 5) is 11.4. The molecule has 0 aliphatic carbocycles. The van der Waals surface area contributed by atoms with Crippen LogP contribution >= 0.6 is 11.6 Å². The number of halogens is 2. The smallest absolute Gasteiger partial charge is 0.325 e. The van der Waals surface area contributed by atoms with Crippen LogP contribution in [0.1, 0.15) is 5.56 Å². The molecule has 0 saturated carbocycles. The molecule has 0 aliphatic heterocycles. The lowest BCUT2D eigenvalue weighted by atomic mass is 10.1. The van der Waals surface area contributed by atoms with Crippen molar-refractivity contribution in [2.75, 3.05) is 5.32 Å². The molecule has 0 saturated heterocycles. The Labute approximate surface area is 126 Å². The summed E-state index contributed by atoms with van der Waals surface area (Å²) >= 11 is 5.94. The number of amides is 1. The first-order valence-corrected chi connectivity index (χ1v) is 7.71. The van der Waals surface area contributed by atoms with Crippen LogP contribution in [0.4, 0.5) is 9.57 Å². The van der Waals surface area contributed by atoms with E-state index in [0.29, 0.717) is 10.6 Å². The van der Waals surface area contributed by atoms with E-state index in [0.717, 1.165) is 6.07 Å². The Hall–Kier alpha value is -1.92. The highest BCUT2D eigenvalue weighted by Crippen LogP contribution is 2.23. The zero-order valence-electron chi connectivity index (χ0n) is 10.7. The summed E-state index contributed by atoms with van der Waals surface area (Å²) in [5, 5.41) is 2.81. The predicted octanol–water partition coefficient (Wildman–Crippen LogP) is 3.18. The molecule has 0 atom stereocenters. The van der Waals surface area contributed by atoms with Crippen LogP contribution in [0.25, 0.3) is 0 Å². The fourth-order valence-corrected chi connectivity index (χ4v) is 2.62. The van der Waals surface area contributed by atoms with Gasteiger partial charge in [0.25, 0.3) is 0 Å². The third-order valence-corrected chi connectivity index (χ3v) is 3.98. The lowest BCUT2D eigenvalue weighted by Gasteiger charge is -2.09. The number of hydrogen-bond acceptors (Lipinski definition) is 3. The van der Waals surface area contributed by atoms with Crippen LogP contribution in [0.5, 0.6) is 0 Å². The molecule has 0 aliphatic rings. The van der Waals surface area contributed by atoms with Gasteiger partial charge in [0.05, 0.1) is 12.1 Å². The highest BCUT2D eigenvalue weighted by Gasteiger charge is 2.18. The van der Waals surface area contributed by atoms with Crippen LogP contribution in [0, 0.1) is 0 Å². The van der Waals surface area contributed by atoms with Crippen molar-refractivity contribution >= 4 is 33.4 Å². The molecular weight excluding hydrogens is 317 g/mol. The molecule has 7 heteroatoms. The predicted molar refractivity (Wildman–Crippen MR) is 78.5 cm³/mol. The Morgan fingerprint density at radius 1 is 1.10 bits per heavy atom. The fourth-order valence-electron chi connectivity index (χ4n) is 1.79. The summed E-state index contributed by atoms with van der Waals surface area (Å²) in [6, 6.07) is 12.1. The van der Waals surface area contributed by atoms with Crippen molar-refractivity contribution in [3.63, 3.8) is 0 Å². The molecule has 0 unspecified atom stereocenters. The number of carbonyl (C=O) groups excluding carboxylic acids is 1. The summed E-state index contributed by atoms with van der Waals surface area (Å²) in [5.74, 6) is -0.487. The second kappa shape index (κ2) is 6.24. The Morgan fingerprint density at radius 2 is 1.71 bits per heavy atom. The Kier molecular flexibility index (Phi) is 4.59. The number of benzene rings is 2. The maximum absolute atomic E-state index is 13.1. The molecule has 0 heterocycles. The SMILES string of the molecule is O=C(Cc1ccccc1Cl)Nc1ccccc1S(=O)(=O)F. The standard InChI is InChI=1S/C14H11ClFNO3S/c15-11-6-2-1-5-10(11)9-14(18)17-12-7-3-4-8-13(12)21(16,19)20/h1-8H,9H2,(H,17,18). The van der Waals surface area contributed by atoms with E-state index in [9.17, 15) is 17.1 Å². The van der Waals surface area contributed by atoms with Gasteiger partial charge in [0.2, 0.25) is 5.91 Å². The van der Waals surface area contributed by atoms with E-state index >= 15 is 0 Å². The number of anilines is 1. The molecule has 110 valence electrons. The largest absolute Gasteiger partial charge is 0.334 e. The van der Waals surface area contributed by atoms with E-state index in [1.807, 2.05) is 0 Å². The van der Waals surface area contributed by atoms with Crippen LogP contribution in [0.15, 0.2) is 53.4 Å². The van der Waals surface area contributed by atoms with Gasteiger partial charge in [0, 0.05) is 5.02 Å². The highest BCUT2D eigenvalue weighted by molar-refractivity contribution is 7.86. The number of rotatable bonds is 4. The Balaban J connectivity index is 2.20. The van der Waals surface area contributed by atoms with Crippen molar-refractivity contribution in [3.8, 4) is 0 Å². The first-order chi connectivity index (χ1) is 9.88. The van der Waals surface area contributed by atoms with E-state index in [-0.39, 0.29) is 12.1 Å². The van der Waals surface area contributed by atoms with E-state index < -0.39 is 21.0 Å². The molecule has 21 heavy (non-hydrogen) atoms. The van der Waals surface area contributed by atoms with Gasteiger partial charge in [-0.05, 0) is 23.8 Å². The Morgan fingerprint density at radius 3 is 2.38 bits per heavy atom. The summed E-state index contributed by atoms with van der Waals surface area (Å²) < 4.78 is 35.1. The van der Waals surface area contributed by atoms with Crippen molar-refractivity contribution in [1.29, 1.82) is 0 Å². The minimum absolute atomic E-state index is 0.0413. The molecule has 0 aromatic heterocycles. The summed E-state index contributed by atoms with van der Waals surface area (Å²) in [6.07, 6.45) is -0.0413. The average Bonchev–Trinajstić information content (AvgIpc) is 2.41. The van der Waals surface area contributed by atoms with Gasteiger partial charge < -0.3 is 5.32 Å². The maximum Gasteiger partial charge on any atom is 0.334 e. The first kappa shape index (κ1) is 15.5. The number of para-hydroxylation sites is 1. The topological polar surface area (TPSA) is 63.2 Å². The Bertz CT molecular complexity index is 777. The van der Waals surface area contributed by atoms with E-state index in [2.05, 4.69) is 5.32 Å². The van der Waals surface area contributed by atoms with Gasteiger partial charge in [-0.3, -0.25) is 4.79 Å². The van der Waals surface area contributed by atoms with Crippen molar-refractivity contribution < 1.29 is 17.1 Å². The lowest BCUT2D eigenvalue weighted by molar-refractivity contribution is -0.115. The molecule has 2 aromatic carbocycles. The maximum atomic E-state index is 13.1. The zero-order valence-corrected chi connectivity index (χ0v) is 12.3. The normalized spacial score (nSPS) is 11.1. The van der Waals surface area contributed by atoms with Crippen molar-refractivity contribution in [1.82, 2.24) is 0 Å². The van der Waals surface area contributed by atoms with Gasteiger partial charge in [-0.25, -0.2) is 0 Å². The molecule has 2 rings (SSSR count). The molecule has 1 N–H and O–H groups in total. The number of hydrogen-bond donors (Lipinski definition) is 1. The molecule has 4 nitrogen and oxygen atoms in total. The third-order valence-electron chi connectivity index (χ3n) is 2.73. The van der Waals surface area contributed by atoms with Crippen LogP contribution in [-0.2, 0) is 21.4 Å². The van der Waals surface area contributed by atoms with Gasteiger partial charge in [-0.15, -0.1) is 3.89 Å². The second-order valence-corrected chi connectivity index (χ2v) is 5.97. The molecular formula is C14H11ClFNO3S. The zero-order chi connectivity index (χ0) is 15.5. The fraction of sp³-hybridized carbons (Fsp3) is 0.0714. The van der Waals surface area contributed by atoms with Crippen LogP contribution in [0.3, 0.4) is 0 Å². The minimum Gasteiger partial charge on any atom is -0.325 e. The monoisotopic (exact) mass is 327 g/mol. The summed E-state index contributed by atoms with van der Waals surface area (Å²) in [6.45, 7) is 0. The summed E-state index contributed by atoms with van der Waals surface area (Å²) in [7, 11) is -4.90. The lowest BCUT2D eigenvalue weighted by Crippen LogP contribution is -2.16. The molecule has 0 bridgehead atoms. The average molecular weight is 328 g/mol. The minimum atomic E-state index is -4.90. The third kappa shape index (κ3) is 4.03. The van der Waals surface area contributed by atoms with Crippen LogP contribution in [0.2, 0.25) is 5.02 Å². The second-order valence-electron chi connectivity index (χ2n) is 4.25. The van der Waals surface area contributed by atoms with Gasteiger partial charge in [-0.1, -0.05) is 41.9 Å². The van der Waals surface area contributed by atoms with Gasteiger partial charge in [-0.2, -0.15) is 8.42 Å². The van der Waals surface area contributed by atoms with Crippen molar-refractivity contribution in [3.05, 3.63) is 59.1 Å². The van der Waals surface area contributed by atoms with Gasteiger partial charge in [0.15, 0.2) is 0 Å². The molecule has 0 spiro atoms. The molecule has 0 fully saturated rings. The van der Waals surface area contributed by atoms with E-state index in [1.54, 1.807) is 24.3 Å². The van der Waals surface area contributed by atoms with Crippen LogP contribution < -0.4 is 5.32 Å². The van der Waals surface area contributed by atoms with Crippen molar-refractivity contribution in [2.24, 2.45) is 0 Å². The quantitative estimate of drug-likeness (QED) is 0.877.